The molecular formula is C10H18N2O5. The van der Waals surface area contributed by atoms with E-state index in [-0.39, 0.29) is 5.91 Å². The van der Waals surface area contributed by atoms with E-state index in [0.717, 1.165) is 0 Å². The summed E-state index contributed by atoms with van der Waals surface area (Å²) in [6.45, 7) is 2.57. The Bertz CT molecular complexity index is 292. The molecule has 0 bridgehead atoms. The number of aliphatic hydroxyl groups excluding tert-OH is 1. The molecule has 0 aromatic carbocycles. The number of hydrogen-bond donors (Lipinski definition) is 4. The highest BCUT2D eigenvalue weighted by Crippen LogP contribution is 2.03. The van der Waals surface area contributed by atoms with Gasteiger partial charge in [0.25, 0.3) is 5.91 Å². The minimum atomic E-state index is -1.45. The molecule has 0 fully saturated rings. The van der Waals surface area contributed by atoms with Gasteiger partial charge in [0.15, 0.2) is 6.10 Å². The maximum atomic E-state index is 11.4. The first-order chi connectivity index (χ1) is 7.88. The standard InChI is InChI=1S/C10H18N2O5/c1-3-4-7(12-6(2)13)9(16)10(17)11-5-8(14)15/h7,9,16H,3-5H2,1-2H3,(H,11,17)(H,12,13)(H,14,15). The number of aliphatic hydroxyl groups is 1. The molecule has 0 saturated heterocycles. The number of carboxylic acid groups (broad SMARTS) is 1. The monoisotopic (exact) mass is 246 g/mol. The van der Waals surface area contributed by atoms with E-state index in [1.165, 1.54) is 6.92 Å². The molecule has 0 aromatic rings. The van der Waals surface area contributed by atoms with Gasteiger partial charge in [0, 0.05) is 6.92 Å². The van der Waals surface area contributed by atoms with Crippen molar-refractivity contribution < 1.29 is 24.6 Å². The van der Waals surface area contributed by atoms with Gasteiger partial charge in [0.2, 0.25) is 5.91 Å². The van der Waals surface area contributed by atoms with Gasteiger partial charge in [-0.15, -0.1) is 0 Å². The molecule has 7 heteroatoms. The summed E-state index contributed by atoms with van der Waals surface area (Å²) in [4.78, 5) is 32.5. The van der Waals surface area contributed by atoms with Crippen molar-refractivity contribution in [3.63, 3.8) is 0 Å². The van der Waals surface area contributed by atoms with Crippen molar-refractivity contribution >= 4 is 17.8 Å². The van der Waals surface area contributed by atoms with Crippen molar-refractivity contribution in [2.45, 2.75) is 38.8 Å². The summed E-state index contributed by atoms with van der Waals surface area (Å²) < 4.78 is 0. The average molecular weight is 246 g/mol. The minimum absolute atomic E-state index is 0.353. The van der Waals surface area contributed by atoms with Gasteiger partial charge in [-0.05, 0) is 6.42 Å². The summed E-state index contributed by atoms with van der Waals surface area (Å²) in [6, 6.07) is -0.703. The van der Waals surface area contributed by atoms with Crippen LogP contribution in [0, 0.1) is 0 Å². The molecule has 0 spiro atoms. The zero-order chi connectivity index (χ0) is 13.4. The van der Waals surface area contributed by atoms with Crippen LogP contribution in [0.2, 0.25) is 0 Å². The second-order valence-corrected chi connectivity index (χ2v) is 3.65. The van der Waals surface area contributed by atoms with Gasteiger partial charge in [0.1, 0.15) is 6.54 Å². The van der Waals surface area contributed by atoms with E-state index in [1.54, 1.807) is 0 Å². The predicted octanol–water partition coefficient (Wildman–Crippen LogP) is -1.15. The number of nitrogens with one attached hydrogen (secondary N) is 2. The van der Waals surface area contributed by atoms with Crippen LogP contribution in [0.5, 0.6) is 0 Å². The Morgan fingerprint density at radius 2 is 1.88 bits per heavy atom. The average Bonchev–Trinajstić information content (AvgIpc) is 2.23. The highest BCUT2D eigenvalue weighted by Gasteiger charge is 2.26. The Labute approximate surface area is 99.2 Å². The van der Waals surface area contributed by atoms with E-state index in [2.05, 4.69) is 10.6 Å². The van der Waals surface area contributed by atoms with Crippen LogP contribution >= 0.6 is 0 Å². The normalized spacial score (nSPS) is 13.6. The Hall–Kier alpha value is -1.63. The molecule has 0 heterocycles. The third-order valence-electron chi connectivity index (χ3n) is 2.05. The van der Waals surface area contributed by atoms with Gasteiger partial charge in [-0.3, -0.25) is 14.4 Å². The van der Waals surface area contributed by atoms with Crippen LogP contribution < -0.4 is 10.6 Å². The molecule has 0 aliphatic carbocycles. The minimum Gasteiger partial charge on any atom is -0.480 e. The molecule has 7 nitrogen and oxygen atoms in total. The number of aliphatic carboxylic acids is 1. The van der Waals surface area contributed by atoms with Gasteiger partial charge in [-0.25, -0.2) is 0 Å². The SMILES string of the molecule is CCCC(NC(C)=O)C(O)C(=O)NCC(=O)O. The smallest absolute Gasteiger partial charge is 0.322 e. The zero-order valence-electron chi connectivity index (χ0n) is 9.90. The molecule has 2 atom stereocenters. The lowest BCUT2D eigenvalue weighted by Crippen LogP contribution is -2.50. The second kappa shape index (κ2) is 7.61. The summed E-state index contributed by atoms with van der Waals surface area (Å²) in [5.41, 5.74) is 0. The fourth-order valence-corrected chi connectivity index (χ4v) is 1.33. The first-order valence-electron chi connectivity index (χ1n) is 5.33. The van der Waals surface area contributed by atoms with Crippen LogP contribution in [0.3, 0.4) is 0 Å². The molecule has 17 heavy (non-hydrogen) atoms. The van der Waals surface area contributed by atoms with E-state index in [1.807, 2.05) is 6.92 Å². The third kappa shape index (κ3) is 6.52. The lowest BCUT2D eigenvalue weighted by Gasteiger charge is -2.22. The van der Waals surface area contributed by atoms with Gasteiger partial charge in [-0.1, -0.05) is 13.3 Å². The maximum absolute atomic E-state index is 11.4. The number of carbonyl (C=O) groups is 3. The van der Waals surface area contributed by atoms with Gasteiger partial charge in [-0.2, -0.15) is 0 Å². The summed E-state index contributed by atoms with van der Waals surface area (Å²) in [6.07, 6.45) is -0.340. The van der Waals surface area contributed by atoms with Gasteiger partial charge in [0.05, 0.1) is 6.04 Å². The zero-order valence-corrected chi connectivity index (χ0v) is 9.90. The topological polar surface area (TPSA) is 116 Å². The third-order valence-corrected chi connectivity index (χ3v) is 2.05. The number of carbonyl (C=O) groups excluding carboxylic acids is 2. The fraction of sp³-hybridized carbons (Fsp3) is 0.700. The van der Waals surface area contributed by atoms with Crippen LogP contribution in [0.1, 0.15) is 26.7 Å². The highest BCUT2D eigenvalue weighted by molar-refractivity contribution is 5.85. The van der Waals surface area contributed by atoms with Crippen molar-refractivity contribution in [3.05, 3.63) is 0 Å². The van der Waals surface area contributed by atoms with E-state index in [9.17, 15) is 19.5 Å². The number of amides is 2. The summed E-state index contributed by atoms with van der Waals surface area (Å²) >= 11 is 0. The van der Waals surface area contributed by atoms with Crippen molar-refractivity contribution in [2.75, 3.05) is 6.54 Å². The summed E-state index contributed by atoms with van der Waals surface area (Å²) in [5.74, 6) is -2.36. The van der Waals surface area contributed by atoms with E-state index >= 15 is 0 Å². The number of carboxylic acids is 1. The Balaban J connectivity index is 4.37. The first-order valence-corrected chi connectivity index (χ1v) is 5.33. The lowest BCUT2D eigenvalue weighted by molar-refractivity contribution is -0.140. The molecule has 0 radical (unpaired) electrons. The largest absolute Gasteiger partial charge is 0.480 e. The predicted molar refractivity (Wildman–Crippen MR) is 59.2 cm³/mol. The van der Waals surface area contributed by atoms with Crippen LogP contribution in [0.15, 0.2) is 0 Å². The Morgan fingerprint density at radius 1 is 1.29 bits per heavy atom. The van der Waals surface area contributed by atoms with Crippen LogP contribution in [-0.4, -0.2) is 46.7 Å². The molecule has 2 unspecified atom stereocenters. The molecule has 0 aliphatic rings. The Morgan fingerprint density at radius 3 is 2.29 bits per heavy atom. The van der Waals surface area contributed by atoms with Crippen LogP contribution in [0.25, 0.3) is 0 Å². The van der Waals surface area contributed by atoms with E-state index < -0.39 is 30.6 Å². The van der Waals surface area contributed by atoms with Crippen molar-refractivity contribution in [3.8, 4) is 0 Å². The molecule has 2 amide bonds. The summed E-state index contributed by atoms with van der Waals surface area (Å²) in [5, 5.41) is 22.5. The van der Waals surface area contributed by atoms with Crippen molar-refractivity contribution in [2.24, 2.45) is 0 Å². The van der Waals surface area contributed by atoms with E-state index in [4.69, 9.17) is 5.11 Å². The fourth-order valence-electron chi connectivity index (χ4n) is 1.33. The number of hydrogen-bond acceptors (Lipinski definition) is 4. The highest BCUT2D eigenvalue weighted by atomic mass is 16.4. The molecule has 0 aromatic heterocycles. The molecule has 0 saturated carbocycles. The molecule has 0 rings (SSSR count). The molecular weight excluding hydrogens is 228 g/mol. The van der Waals surface area contributed by atoms with Gasteiger partial charge >= 0.3 is 5.97 Å². The van der Waals surface area contributed by atoms with E-state index in [0.29, 0.717) is 12.8 Å². The lowest BCUT2D eigenvalue weighted by atomic mass is 10.1. The van der Waals surface area contributed by atoms with Crippen molar-refractivity contribution in [1.82, 2.24) is 10.6 Å². The van der Waals surface area contributed by atoms with Crippen molar-refractivity contribution in [1.29, 1.82) is 0 Å². The van der Waals surface area contributed by atoms with Crippen LogP contribution in [-0.2, 0) is 14.4 Å². The number of rotatable bonds is 7. The Kier molecular flexibility index (Phi) is 6.88. The second-order valence-electron chi connectivity index (χ2n) is 3.65. The molecule has 98 valence electrons. The van der Waals surface area contributed by atoms with Crippen LogP contribution in [0.4, 0.5) is 0 Å². The molecule has 0 aliphatic heterocycles. The quantitative estimate of drug-likeness (QED) is 0.453. The summed E-state index contributed by atoms with van der Waals surface area (Å²) in [7, 11) is 0. The maximum Gasteiger partial charge on any atom is 0.322 e. The first kappa shape index (κ1) is 15.4. The molecule has 4 N–H and O–H groups in total. The van der Waals surface area contributed by atoms with Gasteiger partial charge < -0.3 is 20.8 Å².